The molecule has 0 aliphatic carbocycles. The van der Waals surface area contributed by atoms with Gasteiger partial charge in [-0.3, -0.25) is 0 Å². The standard InChI is InChI=1S/C8H15N/c1-2-8-6-4-3-5-7-9-8/h5,7-9H,2-4,6H2,1H3. The summed E-state index contributed by atoms with van der Waals surface area (Å²) in [6.07, 6.45) is 9.51. The molecule has 1 aliphatic rings. The first-order valence-electron chi connectivity index (χ1n) is 3.84. The summed E-state index contributed by atoms with van der Waals surface area (Å²) in [6.45, 7) is 2.23. The highest BCUT2D eigenvalue weighted by Crippen LogP contribution is 2.07. The predicted octanol–water partition coefficient (Wildman–Crippen LogP) is 2.05. The van der Waals surface area contributed by atoms with Crippen molar-refractivity contribution in [3.63, 3.8) is 0 Å². The van der Waals surface area contributed by atoms with Crippen LogP contribution in [0.2, 0.25) is 0 Å². The summed E-state index contributed by atoms with van der Waals surface area (Å²) in [5, 5.41) is 3.35. The molecule has 0 saturated heterocycles. The summed E-state index contributed by atoms with van der Waals surface area (Å²) in [5.41, 5.74) is 0. The van der Waals surface area contributed by atoms with Crippen molar-refractivity contribution in [3.05, 3.63) is 12.3 Å². The van der Waals surface area contributed by atoms with Gasteiger partial charge in [-0.15, -0.1) is 0 Å². The zero-order chi connectivity index (χ0) is 6.53. The van der Waals surface area contributed by atoms with E-state index in [1.807, 2.05) is 0 Å². The Morgan fingerprint density at radius 2 is 2.56 bits per heavy atom. The number of allylic oxidation sites excluding steroid dienone is 1. The molecule has 1 heterocycles. The van der Waals surface area contributed by atoms with Gasteiger partial charge < -0.3 is 5.32 Å². The fraction of sp³-hybridized carbons (Fsp3) is 0.750. The molecule has 0 fully saturated rings. The van der Waals surface area contributed by atoms with E-state index in [9.17, 15) is 0 Å². The molecular weight excluding hydrogens is 110 g/mol. The second-order valence-corrected chi connectivity index (χ2v) is 2.61. The molecule has 9 heavy (non-hydrogen) atoms. The third-order valence-electron chi connectivity index (χ3n) is 1.87. The summed E-state index contributed by atoms with van der Waals surface area (Å²) in [5.74, 6) is 0. The molecule has 0 radical (unpaired) electrons. The lowest BCUT2D eigenvalue weighted by molar-refractivity contribution is 0.524. The summed E-state index contributed by atoms with van der Waals surface area (Å²) < 4.78 is 0. The summed E-state index contributed by atoms with van der Waals surface area (Å²) >= 11 is 0. The minimum absolute atomic E-state index is 0.740. The zero-order valence-electron chi connectivity index (χ0n) is 6.06. The van der Waals surface area contributed by atoms with Crippen molar-refractivity contribution in [1.29, 1.82) is 0 Å². The van der Waals surface area contributed by atoms with Gasteiger partial charge in [0.05, 0.1) is 0 Å². The van der Waals surface area contributed by atoms with Gasteiger partial charge in [-0.2, -0.15) is 0 Å². The van der Waals surface area contributed by atoms with Crippen LogP contribution in [0, 0.1) is 0 Å². The lowest BCUT2D eigenvalue weighted by atomic mass is 10.1. The Kier molecular flexibility index (Phi) is 2.62. The SMILES string of the molecule is CCC1CCCC=CN1. The molecule has 1 aliphatic heterocycles. The zero-order valence-corrected chi connectivity index (χ0v) is 6.06. The van der Waals surface area contributed by atoms with Gasteiger partial charge >= 0.3 is 0 Å². The van der Waals surface area contributed by atoms with Crippen molar-refractivity contribution in [2.75, 3.05) is 0 Å². The van der Waals surface area contributed by atoms with E-state index >= 15 is 0 Å². The van der Waals surface area contributed by atoms with Crippen LogP contribution in [0.1, 0.15) is 32.6 Å². The summed E-state index contributed by atoms with van der Waals surface area (Å²) in [7, 11) is 0. The maximum absolute atomic E-state index is 3.35. The van der Waals surface area contributed by atoms with Crippen molar-refractivity contribution >= 4 is 0 Å². The van der Waals surface area contributed by atoms with E-state index < -0.39 is 0 Å². The second-order valence-electron chi connectivity index (χ2n) is 2.61. The van der Waals surface area contributed by atoms with E-state index in [0.717, 1.165) is 6.04 Å². The van der Waals surface area contributed by atoms with Crippen LogP contribution in [-0.4, -0.2) is 6.04 Å². The number of rotatable bonds is 1. The van der Waals surface area contributed by atoms with Crippen LogP contribution in [0.3, 0.4) is 0 Å². The average molecular weight is 125 g/mol. The van der Waals surface area contributed by atoms with Gasteiger partial charge in [-0.1, -0.05) is 13.0 Å². The molecule has 1 atom stereocenters. The molecule has 1 nitrogen and oxygen atoms in total. The van der Waals surface area contributed by atoms with Gasteiger partial charge in [-0.05, 0) is 31.9 Å². The first kappa shape index (κ1) is 6.66. The highest BCUT2D eigenvalue weighted by Gasteiger charge is 2.03. The molecule has 52 valence electrons. The first-order valence-corrected chi connectivity index (χ1v) is 3.84. The number of hydrogen-bond donors (Lipinski definition) is 1. The lowest BCUT2D eigenvalue weighted by Gasteiger charge is -2.11. The van der Waals surface area contributed by atoms with Crippen LogP contribution in [0.5, 0.6) is 0 Å². The van der Waals surface area contributed by atoms with Crippen LogP contribution in [-0.2, 0) is 0 Å². The molecule has 0 amide bonds. The molecule has 0 aromatic heterocycles. The van der Waals surface area contributed by atoms with E-state index in [0.29, 0.717) is 0 Å². The van der Waals surface area contributed by atoms with Crippen LogP contribution in [0.15, 0.2) is 12.3 Å². The maximum Gasteiger partial charge on any atom is 0.0253 e. The molecular formula is C8H15N. The van der Waals surface area contributed by atoms with Crippen LogP contribution in [0.4, 0.5) is 0 Å². The molecule has 0 spiro atoms. The molecule has 0 aromatic carbocycles. The first-order chi connectivity index (χ1) is 4.43. The van der Waals surface area contributed by atoms with Crippen molar-refractivity contribution in [2.45, 2.75) is 38.6 Å². The van der Waals surface area contributed by atoms with E-state index in [1.54, 1.807) is 0 Å². The third kappa shape index (κ3) is 2.08. The highest BCUT2D eigenvalue weighted by molar-refractivity contribution is 4.86. The monoisotopic (exact) mass is 125 g/mol. The largest absolute Gasteiger partial charge is 0.388 e. The minimum atomic E-state index is 0.740. The Hall–Kier alpha value is -0.460. The van der Waals surface area contributed by atoms with Crippen LogP contribution < -0.4 is 5.32 Å². The number of nitrogens with one attached hydrogen (secondary N) is 1. The molecule has 1 heteroatoms. The Bertz CT molecular complexity index is 96.7. The Labute approximate surface area is 57.1 Å². The van der Waals surface area contributed by atoms with Crippen LogP contribution in [0.25, 0.3) is 0 Å². The van der Waals surface area contributed by atoms with Gasteiger partial charge in [-0.25, -0.2) is 0 Å². The fourth-order valence-corrected chi connectivity index (χ4v) is 1.17. The van der Waals surface area contributed by atoms with Gasteiger partial charge in [0.25, 0.3) is 0 Å². The van der Waals surface area contributed by atoms with Crippen molar-refractivity contribution in [1.82, 2.24) is 5.32 Å². The van der Waals surface area contributed by atoms with Crippen molar-refractivity contribution in [2.24, 2.45) is 0 Å². The summed E-state index contributed by atoms with van der Waals surface area (Å²) in [4.78, 5) is 0. The molecule has 0 aromatic rings. The normalized spacial score (nSPS) is 27.0. The van der Waals surface area contributed by atoms with Crippen molar-refractivity contribution in [3.8, 4) is 0 Å². The predicted molar refractivity (Wildman–Crippen MR) is 40.2 cm³/mol. The van der Waals surface area contributed by atoms with Gasteiger partial charge in [0.2, 0.25) is 0 Å². The fourth-order valence-electron chi connectivity index (χ4n) is 1.17. The summed E-state index contributed by atoms with van der Waals surface area (Å²) in [6, 6.07) is 0.740. The Morgan fingerprint density at radius 1 is 1.67 bits per heavy atom. The number of hydrogen-bond acceptors (Lipinski definition) is 1. The molecule has 1 unspecified atom stereocenters. The second kappa shape index (κ2) is 3.54. The molecule has 0 saturated carbocycles. The molecule has 1 N–H and O–H groups in total. The molecule has 0 bridgehead atoms. The Morgan fingerprint density at radius 3 is 3.33 bits per heavy atom. The van der Waals surface area contributed by atoms with Crippen LogP contribution >= 0.6 is 0 Å². The smallest absolute Gasteiger partial charge is 0.0253 e. The molecule has 1 rings (SSSR count). The maximum atomic E-state index is 3.35. The van der Waals surface area contributed by atoms with E-state index in [1.165, 1.54) is 25.7 Å². The van der Waals surface area contributed by atoms with Crippen molar-refractivity contribution < 1.29 is 0 Å². The quantitative estimate of drug-likeness (QED) is 0.565. The topological polar surface area (TPSA) is 12.0 Å². The lowest BCUT2D eigenvalue weighted by Crippen LogP contribution is -2.21. The van der Waals surface area contributed by atoms with Gasteiger partial charge in [0.1, 0.15) is 0 Å². The van der Waals surface area contributed by atoms with Gasteiger partial charge in [0.15, 0.2) is 0 Å². The van der Waals surface area contributed by atoms with E-state index in [4.69, 9.17) is 0 Å². The van der Waals surface area contributed by atoms with Gasteiger partial charge in [0, 0.05) is 6.04 Å². The Balaban J connectivity index is 2.29. The van der Waals surface area contributed by atoms with E-state index in [2.05, 4.69) is 24.5 Å². The average Bonchev–Trinajstić information content (AvgIpc) is 2.13. The third-order valence-corrected chi connectivity index (χ3v) is 1.87. The minimum Gasteiger partial charge on any atom is -0.388 e. The van der Waals surface area contributed by atoms with E-state index in [-0.39, 0.29) is 0 Å². The highest BCUT2D eigenvalue weighted by atomic mass is 14.9.